The lowest BCUT2D eigenvalue weighted by Gasteiger charge is -2.06. The predicted molar refractivity (Wildman–Crippen MR) is 65.8 cm³/mol. The summed E-state index contributed by atoms with van der Waals surface area (Å²) in [5.41, 5.74) is 0.623. The van der Waals surface area contributed by atoms with Crippen LogP contribution in [0.2, 0.25) is 0 Å². The van der Waals surface area contributed by atoms with Crippen LogP contribution in [0.1, 0.15) is 25.3 Å². The van der Waals surface area contributed by atoms with Crippen molar-refractivity contribution in [3.8, 4) is 0 Å². The molecule has 0 fully saturated rings. The molecule has 6 heteroatoms. The van der Waals surface area contributed by atoms with Crippen LogP contribution in [0.4, 0.5) is 5.82 Å². The molecule has 5 nitrogen and oxygen atoms in total. The molecular formula is C10H16BrN3O2. The third kappa shape index (κ3) is 3.59. The molecule has 1 aromatic heterocycles. The molecule has 0 saturated carbocycles. The van der Waals surface area contributed by atoms with Gasteiger partial charge in [-0.2, -0.15) is 4.68 Å². The molecule has 0 aliphatic heterocycles. The third-order valence-electron chi connectivity index (χ3n) is 2.54. The van der Waals surface area contributed by atoms with E-state index in [0.29, 0.717) is 11.5 Å². The Kier molecular flexibility index (Phi) is 4.92. The maximum absolute atomic E-state index is 10.6. The van der Waals surface area contributed by atoms with Crippen LogP contribution in [0.25, 0.3) is 0 Å². The number of hydrogen-bond donors (Lipinski definition) is 0. The zero-order chi connectivity index (χ0) is 12.1. The van der Waals surface area contributed by atoms with Crippen molar-refractivity contribution in [2.45, 2.75) is 33.2 Å². The molecule has 1 rings (SSSR count). The fourth-order valence-electron chi connectivity index (χ4n) is 1.49. The van der Waals surface area contributed by atoms with Crippen LogP contribution in [0, 0.1) is 23.0 Å². The van der Waals surface area contributed by atoms with Crippen LogP contribution < -0.4 is 0 Å². The number of halogens is 1. The zero-order valence-electron chi connectivity index (χ0n) is 9.52. The molecule has 1 atom stereocenters. The minimum absolute atomic E-state index is 0.0341. The van der Waals surface area contributed by atoms with Gasteiger partial charge in [-0.05, 0) is 30.6 Å². The van der Waals surface area contributed by atoms with Crippen LogP contribution in [-0.2, 0) is 6.54 Å². The van der Waals surface area contributed by atoms with E-state index in [9.17, 15) is 10.1 Å². The fraction of sp³-hybridized carbons (Fsp3) is 0.700. The van der Waals surface area contributed by atoms with Crippen molar-refractivity contribution in [3.63, 3.8) is 0 Å². The lowest BCUT2D eigenvalue weighted by molar-refractivity contribution is -0.390. The number of aryl methyl sites for hydroxylation is 2. The number of alkyl halides is 1. The average molecular weight is 290 g/mol. The van der Waals surface area contributed by atoms with Gasteiger partial charge in [0.05, 0.1) is 23.4 Å². The minimum atomic E-state index is -0.437. The van der Waals surface area contributed by atoms with Gasteiger partial charge >= 0.3 is 5.82 Å². The van der Waals surface area contributed by atoms with Crippen molar-refractivity contribution in [2.24, 2.45) is 5.92 Å². The maximum atomic E-state index is 10.6. The first kappa shape index (κ1) is 13.2. The highest BCUT2D eigenvalue weighted by molar-refractivity contribution is 9.09. The van der Waals surface area contributed by atoms with E-state index in [-0.39, 0.29) is 5.82 Å². The van der Waals surface area contributed by atoms with E-state index >= 15 is 0 Å². The van der Waals surface area contributed by atoms with Crippen molar-refractivity contribution in [1.29, 1.82) is 0 Å². The Morgan fingerprint density at radius 3 is 2.81 bits per heavy atom. The molecule has 0 radical (unpaired) electrons. The van der Waals surface area contributed by atoms with Gasteiger partial charge in [0.15, 0.2) is 0 Å². The third-order valence-corrected chi connectivity index (χ3v) is 3.00. The van der Waals surface area contributed by atoms with E-state index in [2.05, 4.69) is 28.0 Å². The number of hydrogen-bond acceptors (Lipinski definition) is 3. The monoisotopic (exact) mass is 289 g/mol. The second kappa shape index (κ2) is 5.98. The van der Waals surface area contributed by atoms with Crippen LogP contribution in [0.15, 0.2) is 6.20 Å². The second-order valence-electron chi connectivity index (χ2n) is 4.03. The molecule has 90 valence electrons. The first-order valence-electron chi connectivity index (χ1n) is 5.29. The van der Waals surface area contributed by atoms with Crippen LogP contribution in [-0.4, -0.2) is 20.0 Å². The van der Waals surface area contributed by atoms with Gasteiger partial charge in [0, 0.05) is 5.33 Å². The second-order valence-corrected chi connectivity index (χ2v) is 4.82. The summed E-state index contributed by atoms with van der Waals surface area (Å²) >= 11 is 3.40. The quantitative estimate of drug-likeness (QED) is 0.460. The van der Waals surface area contributed by atoms with Gasteiger partial charge in [-0.1, -0.05) is 22.9 Å². The summed E-state index contributed by atoms with van der Waals surface area (Å²) in [7, 11) is 0. The Morgan fingerprint density at radius 2 is 2.31 bits per heavy atom. The maximum Gasteiger partial charge on any atom is 0.392 e. The molecule has 0 saturated heterocycles. The topological polar surface area (TPSA) is 61.0 Å². The van der Waals surface area contributed by atoms with E-state index < -0.39 is 4.92 Å². The average Bonchev–Trinajstić information content (AvgIpc) is 2.57. The van der Waals surface area contributed by atoms with Gasteiger partial charge in [-0.3, -0.25) is 0 Å². The first-order chi connectivity index (χ1) is 7.54. The van der Waals surface area contributed by atoms with Gasteiger partial charge < -0.3 is 10.1 Å². The van der Waals surface area contributed by atoms with Gasteiger partial charge in [-0.25, -0.2) is 0 Å². The molecule has 1 heterocycles. The summed E-state index contributed by atoms with van der Waals surface area (Å²) in [6, 6.07) is 0. The van der Waals surface area contributed by atoms with E-state index in [0.717, 1.165) is 24.7 Å². The van der Waals surface area contributed by atoms with Crippen molar-refractivity contribution < 1.29 is 4.92 Å². The highest BCUT2D eigenvalue weighted by Gasteiger charge is 2.16. The standard InChI is InChI=1S/C10H16BrN3O2/c1-8(3-5-11)4-6-13-7-9(2)10(12-13)14(15)16/h7-8H,3-6H2,1-2H3. The highest BCUT2D eigenvalue weighted by atomic mass is 79.9. The first-order valence-corrected chi connectivity index (χ1v) is 6.41. The normalized spacial score (nSPS) is 12.7. The molecular weight excluding hydrogens is 274 g/mol. The van der Waals surface area contributed by atoms with Gasteiger partial charge in [0.1, 0.15) is 0 Å². The molecule has 1 aromatic rings. The zero-order valence-corrected chi connectivity index (χ0v) is 11.1. The molecule has 1 unspecified atom stereocenters. The van der Waals surface area contributed by atoms with E-state index in [1.165, 1.54) is 0 Å². The Balaban J connectivity index is 2.55. The Labute approximate surface area is 103 Å². The van der Waals surface area contributed by atoms with Crippen molar-refractivity contribution in [2.75, 3.05) is 5.33 Å². The molecule has 0 bridgehead atoms. The molecule has 0 N–H and O–H groups in total. The summed E-state index contributed by atoms with van der Waals surface area (Å²) in [4.78, 5) is 10.2. The smallest absolute Gasteiger partial charge is 0.358 e. The van der Waals surface area contributed by atoms with Crippen molar-refractivity contribution >= 4 is 21.7 Å². The molecule has 0 aliphatic carbocycles. The Hall–Kier alpha value is -0.910. The van der Waals surface area contributed by atoms with E-state index in [1.807, 2.05) is 0 Å². The molecule has 0 spiro atoms. The summed E-state index contributed by atoms with van der Waals surface area (Å²) in [6.45, 7) is 4.62. The lowest BCUT2D eigenvalue weighted by Crippen LogP contribution is -2.05. The number of aromatic nitrogens is 2. The van der Waals surface area contributed by atoms with Crippen LogP contribution in [0.3, 0.4) is 0 Å². The van der Waals surface area contributed by atoms with Crippen molar-refractivity contribution in [1.82, 2.24) is 9.78 Å². The van der Waals surface area contributed by atoms with Gasteiger partial charge in [0.2, 0.25) is 0 Å². The Morgan fingerprint density at radius 1 is 1.62 bits per heavy atom. The molecule has 16 heavy (non-hydrogen) atoms. The van der Waals surface area contributed by atoms with Crippen LogP contribution in [0.5, 0.6) is 0 Å². The lowest BCUT2D eigenvalue weighted by atomic mass is 10.1. The predicted octanol–water partition coefficient (Wildman–Crippen LogP) is 2.91. The minimum Gasteiger partial charge on any atom is -0.358 e. The van der Waals surface area contributed by atoms with Gasteiger partial charge in [0.25, 0.3) is 0 Å². The summed E-state index contributed by atoms with van der Waals surface area (Å²) in [6.07, 6.45) is 3.84. The van der Waals surface area contributed by atoms with Crippen LogP contribution >= 0.6 is 15.9 Å². The van der Waals surface area contributed by atoms with E-state index in [4.69, 9.17) is 0 Å². The fourth-order valence-corrected chi connectivity index (χ4v) is 2.27. The van der Waals surface area contributed by atoms with E-state index in [1.54, 1.807) is 17.8 Å². The van der Waals surface area contributed by atoms with Gasteiger partial charge in [-0.15, -0.1) is 0 Å². The summed E-state index contributed by atoms with van der Waals surface area (Å²) in [5.74, 6) is 0.566. The molecule has 0 amide bonds. The number of nitrogens with zero attached hydrogens (tertiary/aromatic N) is 3. The largest absolute Gasteiger partial charge is 0.392 e. The summed E-state index contributed by atoms with van der Waals surface area (Å²) < 4.78 is 1.66. The number of nitro groups is 1. The Bertz CT molecular complexity index is 365. The summed E-state index contributed by atoms with van der Waals surface area (Å²) in [5, 5.41) is 15.5. The molecule has 0 aromatic carbocycles. The highest BCUT2D eigenvalue weighted by Crippen LogP contribution is 2.16. The number of rotatable bonds is 6. The molecule has 0 aliphatic rings. The SMILES string of the molecule is Cc1cn(CCC(C)CCBr)nc1[N+](=O)[O-]. The van der Waals surface area contributed by atoms with Crippen molar-refractivity contribution in [3.05, 3.63) is 21.9 Å².